The van der Waals surface area contributed by atoms with Gasteiger partial charge in [0, 0.05) is 19.4 Å². The molecule has 1 N–H and O–H groups in total. The molecule has 6 nitrogen and oxygen atoms in total. The van der Waals surface area contributed by atoms with Gasteiger partial charge in [-0.05, 0) is 24.3 Å². The Morgan fingerprint density at radius 1 is 0.926 bits per heavy atom. The highest BCUT2D eigenvalue weighted by molar-refractivity contribution is 5.81. The molecule has 0 atom stereocenters. The molecule has 3 aromatic rings. The van der Waals surface area contributed by atoms with E-state index >= 15 is 0 Å². The highest BCUT2D eigenvalue weighted by Crippen LogP contribution is 2.33. The van der Waals surface area contributed by atoms with E-state index in [2.05, 4.69) is 20.2 Å². The van der Waals surface area contributed by atoms with Crippen molar-refractivity contribution in [3.05, 3.63) is 65.6 Å². The maximum absolute atomic E-state index is 13.7. The van der Waals surface area contributed by atoms with Crippen LogP contribution < -0.4 is 0 Å². The second-order valence-corrected chi connectivity index (χ2v) is 5.29. The smallest absolute Gasteiger partial charge is 0.205 e. The molecule has 0 aliphatic heterocycles. The highest BCUT2D eigenvalue weighted by Gasteiger charge is 2.24. The molecule has 0 bridgehead atoms. The summed E-state index contributed by atoms with van der Waals surface area (Å²) in [6.45, 7) is 0. The first kappa shape index (κ1) is 18.2. The van der Waals surface area contributed by atoms with Crippen molar-refractivity contribution in [3.63, 3.8) is 0 Å². The van der Waals surface area contributed by atoms with Crippen LogP contribution in [0.15, 0.2) is 51.9 Å². The van der Waals surface area contributed by atoms with Crippen molar-refractivity contribution < 1.29 is 22.7 Å². The number of hydrogen-bond donors (Lipinski definition) is 1. The fourth-order valence-electron chi connectivity index (χ4n) is 2.12. The lowest BCUT2D eigenvalue weighted by molar-refractivity contribution is 0.358. The van der Waals surface area contributed by atoms with Gasteiger partial charge in [-0.3, -0.25) is 4.98 Å². The van der Waals surface area contributed by atoms with Gasteiger partial charge in [-0.25, -0.2) is 13.8 Å². The number of benzene rings is 1. The Hall–Kier alpha value is -3.56. The molecule has 0 unspecified atom stereocenters. The fraction of sp³-hybridized carbons (Fsp3) is 0.0588. The molecule has 0 fully saturated rings. The number of pyridine rings is 1. The summed E-state index contributed by atoms with van der Waals surface area (Å²) >= 11 is 0. The van der Waals surface area contributed by atoms with Crippen LogP contribution in [0.25, 0.3) is 0 Å². The molecule has 3 rings (SSSR count). The van der Waals surface area contributed by atoms with Crippen molar-refractivity contribution in [2.45, 2.75) is 0 Å². The van der Waals surface area contributed by atoms with Gasteiger partial charge in [0.25, 0.3) is 0 Å². The number of hydrogen-bond acceptors (Lipinski definition) is 5. The third kappa shape index (κ3) is 3.54. The lowest BCUT2D eigenvalue weighted by Crippen LogP contribution is -1.98. The summed E-state index contributed by atoms with van der Waals surface area (Å²) in [7, 11) is 1.59. The molecule has 0 radical (unpaired) electrons. The normalized spacial score (nSPS) is 11.7. The molecule has 0 aliphatic carbocycles. The molecule has 0 saturated carbocycles. The lowest BCUT2D eigenvalue weighted by atomic mass is 10.2. The highest BCUT2D eigenvalue weighted by atomic mass is 19.2. The van der Waals surface area contributed by atoms with Gasteiger partial charge >= 0.3 is 0 Å². The minimum absolute atomic E-state index is 0.339. The van der Waals surface area contributed by atoms with E-state index in [0.717, 1.165) is 6.21 Å². The summed E-state index contributed by atoms with van der Waals surface area (Å²) in [5.41, 5.74) is -0.282. The van der Waals surface area contributed by atoms with Crippen molar-refractivity contribution in [2.24, 2.45) is 22.3 Å². The zero-order valence-electron chi connectivity index (χ0n) is 13.7. The van der Waals surface area contributed by atoms with Crippen LogP contribution in [-0.2, 0) is 7.05 Å². The molecule has 0 aliphatic rings. The van der Waals surface area contributed by atoms with Crippen molar-refractivity contribution in [2.75, 3.05) is 0 Å². The fourth-order valence-corrected chi connectivity index (χ4v) is 2.12. The van der Waals surface area contributed by atoms with E-state index in [1.54, 1.807) is 37.6 Å². The number of phenols is 1. The van der Waals surface area contributed by atoms with Crippen LogP contribution in [-0.4, -0.2) is 20.9 Å². The van der Waals surface area contributed by atoms with Crippen LogP contribution in [0.1, 0.15) is 5.69 Å². The molecular weight excluding hydrogens is 366 g/mol. The summed E-state index contributed by atoms with van der Waals surface area (Å²) < 4.78 is 55.7. The van der Waals surface area contributed by atoms with Crippen LogP contribution in [0.4, 0.5) is 34.8 Å². The Kier molecular flexibility index (Phi) is 4.97. The Morgan fingerprint density at radius 3 is 2.19 bits per heavy atom. The van der Waals surface area contributed by atoms with Gasteiger partial charge < -0.3 is 9.67 Å². The van der Waals surface area contributed by atoms with Crippen LogP contribution in [0.5, 0.6) is 5.75 Å². The van der Waals surface area contributed by atoms with Crippen molar-refractivity contribution in [1.82, 2.24) is 9.55 Å². The largest absolute Gasteiger partial charge is 0.503 e. The zero-order valence-corrected chi connectivity index (χ0v) is 13.7. The summed E-state index contributed by atoms with van der Waals surface area (Å²) in [5, 5.41) is 17.0. The van der Waals surface area contributed by atoms with Crippen molar-refractivity contribution in [3.8, 4) is 5.75 Å². The predicted molar refractivity (Wildman–Crippen MR) is 89.0 cm³/mol. The van der Waals surface area contributed by atoms with Crippen LogP contribution >= 0.6 is 0 Å². The Bertz CT molecular complexity index is 1020. The van der Waals surface area contributed by atoms with Gasteiger partial charge in [-0.15, -0.1) is 10.2 Å². The second kappa shape index (κ2) is 7.36. The average Bonchev–Trinajstić information content (AvgIpc) is 3.03. The number of halogens is 4. The lowest BCUT2D eigenvalue weighted by Gasteiger charge is -2.05. The third-order valence-electron chi connectivity index (χ3n) is 3.61. The number of aliphatic imine (C=N–C) groups is 1. The number of rotatable bonds is 4. The molecule has 1 aromatic carbocycles. The topological polar surface area (TPSA) is 75.1 Å². The van der Waals surface area contributed by atoms with Gasteiger partial charge in [0.05, 0.1) is 17.6 Å². The first-order valence-electron chi connectivity index (χ1n) is 7.46. The SMILES string of the molecule is Cn1c(C=Nc2c(F)c(F)c(O)c(F)c2F)ccc1N=Nc1ccncc1. The predicted octanol–water partition coefficient (Wildman–Crippen LogP) is 4.85. The molecule has 0 amide bonds. The van der Waals surface area contributed by atoms with E-state index in [0.29, 0.717) is 17.2 Å². The minimum atomic E-state index is -1.92. The van der Waals surface area contributed by atoms with E-state index in [1.807, 2.05) is 0 Å². The zero-order chi connectivity index (χ0) is 19.6. The first-order chi connectivity index (χ1) is 12.9. The van der Waals surface area contributed by atoms with Gasteiger partial charge in [-0.1, -0.05) is 0 Å². The van der Waals surface area contributed by atoms with Crippen LogP contribution in [0, 0.1) is 23.3 Å². The molecule has 10 heteroatoms. The summed E-state index contributed by atoms with van der Waals surface area (Å²) in [5.74, 6) is -8.76. The molecule has 2 heterocycles. The quantitative estimate of drug-likeness (QED) is 0.305. The van der Waals surface area contributed by atoms with E-state index in [-0.39, 0.29) is 0 Å². The number of nitrogens with zero attached hydrogens (tertiary/aromatic N) is 5. The maximum Gasteiger partial charge on any atom is 0.205 e. The van der Waals surface area contributed by atoms with Crippen LogP contribution in [0.3, 0.4) is 0 Å². The van der Waals surface area contributed by atoms with Gasteiger partial charge in [0.15, 0.2) is 23.2 Å². The molecule has 2 aromatic heterocycles. The molecule has 0 saturated heterocycles. The number of phenolic OH excluding ortho intramolecular Hbond substituents is 1. The molecule has 27 heavy (non-hydrogen) atoms. The molecular formula is C17H11F4N5O. The molecule has 138 valence electrons. The van der Waals surface area contributed by atoms with Crippen molar-refractivity contribution in [1.29, 1.82) is 0 Å². The second-order valence-electron chi connectivity index (χ2n) is 5.29. The summed E-state index contributed by atoms with van der Waals surface area (Å²) in [4.78, 5) is 7.32. The van der Waals surface area contributed by atoms with E-state index < -0.39 is 34.7 Å². The average molecular weight is 377 g/mol. The minimum Gasteiger partial charge on any atom is -0.503 e. The van der Waals surface area contributed by atoms with Gasteiger partial charge in [0.2, 0.25) is 11.6 Å². The van der Waals surface area contributed by atoms with Crippen LogP contribution in [0.2, 0.25) is 0 Å². The maximum atomic E-state index is 13.7. The standard InChI is InChI=1S/C17H11F4N5O/c1-26-10(2-3-11(26)25-24-9-4-6-22-7-5-9)8-23-16-12(18)14(20)17(27)15(21)13(16)19/h2-8,27H,1H3. The molecule has 0 spiro atoms. The monoisotopic (exact) mass is 377 g/mol. The first-order valence-corrected chi connectivity index (χ1v) is 7.46. The van der Waals surface area contributed by atoms with E-state index in [9.17, 15) is 17.6 Å². The van der Waals surface area contributed by atoms with Gasteiger partial charge in [0.1, 0.15) is 5.69 Å². The van der Waals surface area contributed by atoms with Gasteiger partial charge in [-0.2, -0.15) is 8.78 Å². The number of aromatic hydroxyl groups is 1. The Morgan fingerprint density at radius 2 is 1.56 bits per heavy atom. The van der Waals surface area contributed by atoms with E-state index in [4.69, 9.17) is 5.11 Å². The third-order valence-corrected chi connectivity index (χ3v) is 3.61. The Labute approximate surface area is 150 Å². The summed E-state index contributed by atoms with van der Waals surface area (Å²) in [6, 6.07) is 6.38. The number of azo groups is 1. The van der Waals surface area contributed by atoms with E-state index in [1.165, 1.54) is 10.6 Å². The van der Waals surface area contributed by atoms with Crippen molar-refractivity contribution >= 4 is 23.4 Å². The number of aromatic nitrogens is 2. The summed E-state index contributed by atoms with van der Waals surface area (Å²) in [6.07, 6.45) is 4.11. The Balaban J connectivity index is 1.90.